The minimum Gasteiger partial charge on any atom is -0.418 e. The number of rotatable bonds is 1. The highest BCUT2D eigenvalue weighted by atomic mass is 79.9. The summed E-state index contributed by atoms with van der Waals surface area (Å²) in [6.07, 6.45) is 1.08. The second-order valence-electron chi connectivity index (χ2n) is 1.98. The topological polar surface area (TPSA) is 46.3 Å². The normalized spacial score (nSPS) is 11.5. The summed E-state index contributed by atoms with van der Waals surface area (Å²) in [5, 5.41) is 18.4. The van der Waals surface area contributed by atoms with Crippen molar-refractivity contribution >= 4 is 22.1 Å². The summed E-state index contributed by atoms with van der Waals surface area (Å²) in [5.41, 5.74) is 0.658. The Kier molecular flexibility index (Phi) is 2.48. The first-order chi connectivity index (χ1) is 5.18. The van der Waals surface area contributed by atoms with Gasteiger partial charge in [-0.15, -0.1) is 0 Å². The third-order valence-corrected chi connectivity index (χ3v) is 1.66. The van der Waals surface area contributed by atoms with Gasteiger partial charge in [-0.1, -0.05) is 15.9 Å². The van der Waals surface area contributed by atoms with Crippen LogP contribution in [0.5, 0.6) is 0 Å². The van der Waals surface area contributed by atoms with Gasteiger partial charge in [-0.2, -0.15) is 0 Å². The Balaban J connectivity index is 2.91. The molecule has 0 spiro atoms. The molecule has 0 aromatic heterocycles. The van der Waals surface area contributed by atoms with E-state index in [1.807, 2.05) is 0 Å². The summed E-state index contributed by atoms with van der Waals surface area (Å²) < 4.78 is 0.935. The average molecular weight is 216 g/mol. The van der Waals surface area contributed by atoms with Crippen molar-refractivity contribution in [2.24, 2.45) is 0 Å². The molecule has 0 atom stereocenters. The summed E-state index contributed by atoms with van der Waals surface area (Å²) in [5.74, 6) is 0. The minimum atomic E-state index is -0.219. The van der Waals surface area contributed by atoms with Crippen molar-refractivity contribution in [2.45, 2.75) is 0 Å². The lowest BCUT2D eigenvalue weighted by molar-refractivity contribution is -0.722. The highest BCUT2D eigenvalue weighted by molar-refractivity contribution is 9.10. The average Bonchev–Trinajstić information content (AvgIpc) is 1.93. The molecule has 0 amide bonds. The fourth-order valence-corrected chi connectivity index (χ4v) is 0.941. The van der Waals surface area contributed by atoms with Gasteiger partial charge in [0.1, 0.15) is 0 Å². The zero-order valence-electron chi connectivity index (χ0n) is 5.57. The molecule has 0 saturated carbocycles. The van der Waals surface area contributed by atoms with E-state index in [0.29, 0.717) is 5.56 Å². The van der Waals surface area contributed by atoms with E-state index in [-0.39, 0.29) is 4.90 Å². The van der Waals surface area contributed by atoms with Crippen LogP contribution in [0.25, 0.3) is 0 Å². The van der Waals surface area contributed by atoms with Gasteiger partial charge in [0.2, 0.25) is 6.21 Å². The quantitative estimate of drug-likeness (QED) is 0.336. The minimum absolute atomic E-state index is 0.219. The molecule has 0 fully saturated rings. The molecule has 3 nitrogen and oxygen atoms in total. The van der Waals surface area contributed by atoms with E-state index in [9.17, 15) is 5.21 Å². The molecule has 1 rings (SSSR count). The third kappa shape index (κ3) is 2.59. The van der Waals surface area contributed by atoms with Crippen LogP contribution in [0.15, 0.2) is 28.7 Å². The summed E-state index contributed by atoms with van der Waals surface area (Å²) in [4.78, 5) is -0.219. The predicted molar refractivity (Wildman–Crippen MR) is 44.7 cm³/mol. The van der Waals surface area contributed by atoms with Crippen LogP contribution in [-0.4, -0.2) is 16.3 Å². The van der Waals surface area contributed by atoms with Gasteiger partial charge < -0.3 is 5.21 Å². The van der Waals surface area contributed by atoms with Crippen molar-refractivity contribution in [3.63, 3.8) is 0 Å². The van der Waals surface area contributed by atoms with E-state index in [2.05, 4.69) is 15.9 Å². The zero-order chi connectivity index (χ0) is 8.27. The molecule has 1 N–H and O–H groups in total. The molecule has 58 valence electrons. The van der Waals surface area contributed by atoms with Crippen LogP contribution in [0.1, 0.15) is 5.56 Å². The summed E-state index contributed by atoms with van der Waals surface area (Å²) >= 11 is 3.24. The number of nitrogens with zero attached hydrogens (tertiary/aromatic N) is 1. The molecule has 0 unspecified atom stereocenters. The van der Waals surface area contributed by atoms with Crippen molar-refractivity contribution in [2.75, 3.05) is 0 Å². The fourth-order valence-electron chi connectivity index (χ4n) is 0.676. The van der Waals surface area contributed by atoms with E-state index in [4.69, 9.17) is 5.21 Å². The van der Waals surface area contributed by atoms with Crippen molar-refractivity contribution in [3.05, 3.63) is 39.5 Å². The Bertz CT molecular complexity index is 264. The van der Waals surface area contributed by atoms with Crippen LogP contribution >= 0.6 is 15.9 Å². The molecule has 1 aromatic rings. The van der Waals surface area contributed by atoms with Crippen molar-refractivity contribution < 1.29 is 10.1 Å². The Morgan fingerprint density at radius 2 is 1.91 bits per heavy atom. The van der Waals surface area contributed by atoms with Gasteiger partial charge in [-0.25, -0.2) is 0 Å². The molecule has 1 aromatic carbocycles. The van der Waals surface area contributed by atoms with Gasteiger partial charge in [-0.3, -0.25) is 5.21 Å². The maximum atomic E-state index is 10.1. The first-order valence-corrected chi connectivity index (χ1v) is 3.73. The van der Waals surface area contributed by atoms with Crippen molar-refractivity contribution in [1.29, 1.82) is 0 Å². The molecule has 11 heavy (non-hydrogen) atoms. The van der Waals surface area contributed by atoms with Crippen LogP contribution in [0.3, 0.4) is 0 Å². The van der Waals surface area contributed by atoms with Gasteiger partial charge in [0.05, 0.1) is 0 Å². The number of hydrogen-bond donors (Lipinski definition) is 1. The van der Waals surface area contributed by atoms with Gasteiger partial charge in [-0.05, 0) is 24.3 Å². The molecule has 4 heteroatoms. The first-order valence-electron chi connectivity index (χ1n) is 2.94. The monoisotopic (exact) mass is 215 g/mol. The number of benzene rings is 1. The second-order valence-corrected chi connectivity index (χ2v) is 2.90. The molecule has 0 aliphatic rings. The van der Waals surface area contributed by atoms with Crippen molar-refractivity contribution in [3.8, 4) is 0 Å². The molecule has 0 saturated heterocycles. The van der Waals surface area contributed by atoms with Crippen LogP contribution in [-0.2, 0) is 0 Å². The van der Waals surface area contributed by atoms with E-state index in [1.54, 1.807) is 24.3 Å². The zero-order valence-corrected chi connectivity index (χ0v) is 7.15. The number of halogens is 1. The van der Waals surface area contributed by atoms with E-state index < -0.39 is 0 Å². The lowest BCUT2D eigenvalue weighted by Crippen LogP contribution is -1.97. The summed E-state index contributed by atoms with van der Waals surface area (Å²) in [7, 11) is 0. The molecule has 0 aliphatic heterocycles. The third-order valence-electron chi connectivity index (χ3n) is 1.13. The molecule has 0 aliphatic carbocycles. The molecular weight excluding hydrogens is 210 g/mol. The van der Waals surface area contributed by atoms with E-state index >= 15 is 0 Å². The Morgan fingerprint density at radius 1 is 1.36 bits per heavy atom. The van der Waals surface area contributed by atoms with Gasteiger partial charge in [0.15, 0.2) is 0 Å². The van der Waals surface area contributed by atoms with Gasteiger partial charge in [0, 0.05) is 14.9 Å². The number of hydrogen-bond acceptors (Lipinski definition) is 2. The maximum Gasteiger partial charge on any atom is 0.240 e. The molecule has 0 bridgehead atoms. The van der Waals surface area contributed by atoms with Crippen LogP contribution in [0.2, 0.25) is 0 Å². The largest absolute Gasteiger partial charge is 0.418 e. The second kappa shape index (κ2) is 3.39. The van der Waals surface area contributed by atoms with Crippen LogP contribution in [0.4, 0.5) is 0 Å². The van der Waals surface area contributed by atoms with Gasteiger partial charge >= 0.3 is 0 Å². The maximum absolute atomic E-state index is 10.1. The first kappa shape index (κ1) is 8.07. The van der Waals surface area contributed by atoms with Crippen molar-refractivity contribution in [1.82, 2.24) is 0 Å². The van der Waals surface area contributed by atoms with E-state index in [1.165, 1.54) is 0 Å². The smallest absolute Gasteiger partial charge is 0.240 e. The summed E-state index contributed by atoms with van der Waals surface area (Å²) in [6.45, 7) is 0. The lowest BCUT2D eigenvalue weighted by atomic mass is 10.2. The van der Waals surface area contributed by atoms with Crippen LogP contribution < -0.4 is 0 Å². The van der Waals surface area contributed by atoms with Gasteiger partial charge in [0.25, 0.3) is 0 Å². The lowest BCUT2D eigenvalue weighted by Gasteiger charge is -1.90. The van der Waals surface area contributed by atoms with Crippen LogP contribution in [0, 0.1) is 5.21 Å². The fraction of sp³-hybridized carbons (Fsp3) is 0. The highest BCUT2D eigenvalue weighted by Gasteiger charge is 1.92. The standard InChI is InChI=1S/C7H6BrNO2/c8-7-3-1-6(2-4-7)5-9(10)11/h1-5H,(H,10,11). The molecule has 0 heterocycles. The Morgan fingerprint density at radius 3 is 2.36 bits per heavy atom. The molecule has 0 radical (unpaired) electrons. The van der Waals surface area contributed by atoms with E-state index in [0.717, 1.165) is 10.7 Å². The SMILES string of the molecule is [O-][N+](O)=Cc1ccc(Br)cc1. The highest BCUT2D eigenvalue weighted by Crippen LogP contribution is 2.08. The predicted octanol–water partition coefficient (Wildman–Crippen LogP) is 1.77. The molecular formula is C7H6BrNO2. The Labute approximate surface area is 72.3 Å². The summed E-state index contributed by atoms with van der Waals surface area (Å²) in [6, 6.07) is 7.00. The Hall–Kier alpha value is -1.03.